The van der Waals surface area contributed by atoms with E-state index in [2.05, 4.69) is 93.7 Å². The molecule has 1 unspecified atom stereocenters. The first kappa shape index (κ1) is 65.8. The van der Waals surface area contributed by atoms with Crippen molar-refractivity contribution in [3.05, 3.63) is 72.9 Å². The Hall–Kier alpha value is -3.15. The quantitative estimate of drug-likeness (QED) is 0.0262. The zero-order chi connectivity index (χ0) is 50.0. The van der Waals surface area contributed by atoms with Gasteiger partial charge in [0.25, 0.3) is 0 Å². The number of esters is 3. The van der Waals surface area contributed by atoms with Crippen LogP contribution in [0.3, 0.4) is 0 Å². The van der Waals surface area contributed by atoms with Gasteiger partial charge in [-0.3, -0.25) is 14.4 Å². The minimum absolute atomic E-state index is 0.0921. The highest BCUT2D eigenvalue weighted by Gasteiger charge is 2.19. The first-order valence-electron chi connectivity index (χ1n) is 29.4. The van der Waals surface area contributed by atoms with Gasteiger partial charge in [0.1, 0.15) is 13.2 Å². The molecular formula is C63H110O6. The molecule has 0 spiro atoms. The molecular weight excluding hydrogens is 853 g/mol. The fraction of sp³-hybridized carbons (Fsp3) is 0.762. The molecule has 0 fully saturated rings. The van der Waals surface area contributed by atoms with Crippen molar-refractivity contribution in [3.8, 4) is 0 Å². The predicted octanol–water partition coefficient (Wildman–Crippen LogP) is 19.8. The molecule has 0 aliphatic heterocycles. The summed E-state index contributed by atoms with van der Waals surface area (Å²) in [6.45, 7) is 6.49. The third-order valence-corrected chi connectivity index (χ3v) is 12.7. The van der Waals surface area contributed by atoms with Gasteiger partial charge < -0.3 is 14.2 Å². The second kappa shape index (κ2) is 57.4. The maximum absolute atomic E-state index is 12.9. The number of hydrogen-bond donors (Lipinski definition) is 0. The van der Waals surface area contributed by atoms with Crippen LogP contribution in [0.25, 0.3) is 0 Å². The van der Waals surface area contributed by atoms with Crippen LogP contribution in [0.1, 0.15) is 290 Å². The van der Waals surface area contributed by atoms with Crippen molar-refractivity contribution in [2.75, 3.05) is 13.2 Å². The van der Waals surface area contributed by atoms with Crippen LogP contribution in [0.2, 0.25) is 0 Å². The highest BCUT2D eigenvalue weighted by Crippen LogP contribution is 2.16. The van der Waals surface area contributed by atoms with Crippen molar-refractivity contribution in [2.45, 2.75) is 297 Å². The Bertz CT molecular complexity index is 1290. The summed E-state index contributed by atoms with van der Waals surface area (Å²) in [6, 6.07) is 0. The lowest BCUT2D eigenvalue weighted by Gasteiger charge is -2.18. The van der Waals surface area contributed by atoms with Crippen molar-refractivity contribution in [2.24, 2.45) is 0 Å². The number of unbranched alkanes of at least 4 members (excludes halogenated alkanes) is 30. The summed E-state index contributed by atoms with van der Waals surface area (Å²) in [5.74, 6) is -0.939. The summed E-state index contributed by atoms with van der Waals surface area (Å²) in [4.78, 5) is 38.2. The highest BCUT2D eigenvalue weighted by molar-refractivity contribution is 5.71. The maximum atomic E-state index is 12.9. The summed E-state index contributed by atoms with van der Waals surface area (Å²) in [6.07, 6.45) is 73.3. The molecule has 1 atom stereocenters. The van der Waals surface area contributed by atoms with E-state index in [4.69, 9.17) is 14.2 Å². The molecule has 6 heteroatoms. The Labute approximate surface area is 427 Å². The molecule has 0 saturated carbocycles. The molecule has 0 radical (unpaired) electrons. The third-order valence-electron chi connectivity index (χ3n) is 12.7. The Balaban J connectivity index is 4.40. The monoisotopic (exact) mass is 963 g/mol. The van der Waals surface area contributed by atoms with E-state index in [1.54, 1.807) is 0 Å². The summed E-state index contributed by atoms with van der Waals surface area (Å²) in [5.41, 5.74) is 0. The number of hydrogen-bond acceptors (Lipinski definition) is 6. The van der Waals surface area contributed by atoms with Crippen molar-refractivity contribution in [1.82, 2.24) is 0 Å². The molecule has 0 aliphatic carbocycles. The molecule has 0 saturated heterocycles. The fourth-order valence-electron chi connectivity index (χ4n) is 8.29. The summed E-state index contributed by atoms with van der Waals surface area (Å²) in [7, 11) is 0. The van der Waals surface area contributed by atoms with Crippen LogP contribution >= 0.6 is 0 Å². The van der Waals surface area contributed by atoms with Crippen LogP contribution in [0.5, 0.6) is 0 Å². The molecule has 0 aromatic rings. The molecule has 0 aromatic carbocycles. The zero-order valence-electron chi connectivity index (χ0n) is 45.6. The van der Waals surface area contributed by atoms with Gasteiger partial charge in [-0.25, -0.2) is 0 Å². The Kier molecular flexibility index (Phi) is 54.8. The van der Waals surface area contributed by atoms with Gasteiger partial charge in [-0.05, 0) is 89.9 Å². The molecule has 0 amide bonds. The molecule has 6 nitrogen and oxygen atoms in total. The van der Waals surface area contributed by atoms with E-state index in [0.29, 0.717) is 19.3 Å². The third kappa shape index (κ3) is 55.6. The molecule has 0 N–H and O–H groups in total. The van der Waals surface area contributed by atoms with E-state index in [0.717, 1.165) is 109 Å². The fourth-order valence-corrected chi connectivity index (χ4v) is 8.29. The number of carbonyl (C=O) groups excluding carboxylic acids is 3. The molecule has 0 aliphatic rings. The largest absolute Gasteiger partial charge is 0.462 e. The van der Waals surface area contributed by atoms with Gasteiger partial charge in [0.15, 0.2) is 6.10 Å². The first-order chi connectivity index (χ1) is 34.0. The number of rotatable bonds is 53. The lowest BCUT2D eigenvalue weighted by Crippen LogP contribution is -2.30. The number of ether oxygens (including phenoxy) is 3. The van der Waals surface area contributed by atoms with E-state index in [1.807, 2.05) is 0 Å². The van der Waals surface area contributed by atoms with Crippen LogP contribution in [0.4, 0.5) is 0 Å². The van der Waals surface area contributed by atoms with Crippen LogP contribution in [-0.4, -0.2) is 37.2 Å². The van der Waals surface area contributed by atoms with E-state index >= 15 is 0 Å². The minimum Gasteiger partial charge on any atom is -0.462 e. The molecule has 398 valence electrons. The Morgan fingerprint density at radius 2 is 0.565 bits per heavy atom. The molecule has 0 rings (SSSR count). The van der Waals surface area contributed by atoms with Crippen molar-refractivity contribution in [1.29, 1.82) is 0 Å². The first-order valence-corrected chi connectivity index (χ1v) is 29.4. The van der Waals surface area contributed by atoms with Gasteiger partial charge in [-0.1, -0.05) is 254 Å². The number of carbonyl (C=O) groups is 3. The average Bonchev–Trinajstić information content (AvgIpc) is 3.35. The summed E-state index contributed by atoms with van der Waals surface area (Å²) >= 11 is 0. The summed E-state index contributed by atoms with van der Waals surface area (Å²) in [5, 5.41) is 0. The number of allylic oxidation sites excluding steroid dienone is 12. The van der Waals surface area contributed by atoms with Crippen LogP contribution in [0, 0.1) is 0 Å². The summed E-state index contributed by atoms with van der Waals surface area (Å²) < 4.78 is 16.8. The zero-order valence-corrected chi connectivity index (χ0v) is 45.6. The second-order valence-corrected chi connectivity index (χ2v) is 19.5. The van der Waals surface area contributed by atoms with Crippen LogP contribution in [-0.2, 0) is 28.6 Å². The standard InChI is InChI=1S/C63H110O6/c1-4-7-10-13-16-19-22-25-28-30-31-32-33-36-38-41-44-47-50-53-56-62(65)68-59-60(58-67-61(64)55-52-49-46-43-40-37-34-27-24-21-18-15-12-9-6-3)69-63(66)57-54-51-48-45-42-39-35-29-26-23-20-17-14-11-8-5-2/h9,12,18,20-21,23,27,29,34-35,40,43,60H,4-8,10-11,13-17,19,22,24-26,28,30-33,36-39,41-42,44-59H2,1-3H3/b12-9-,21-18-,23-20-,34-27-,35-29-,43-40-. The molecule has 0 aromatic heterocycles. The van der Waals surface area contributed by atoms with Gasteiger partial charge in [-0.15, -0.1) is 0 Å². The highest BCUT2D eigenvalue weighted by atomic mass is 16.6. The van der Waals surface area contributed by atoms with Crippen molar-refractivity contribution < 1.29 is 28.6 Å². The molecule has 0 bridgehead atoms. The van der Waals surface area contributed by atoms with E-state index in [-0.39, 0.29) is 31.1 Å². The topological polar surface area (TPSA) is 78.9 Å². The lowest BCUT2D eigenvalue weighted by atomic mass is 10.0. The Morgan fingerprint density at radius 1 is 0.304 bits per heavy atom. The molecule has 0 heterocycles. The van der Waals surface area contributed by atoms with Gasteiger partial charge in [0, 0.05) is 19.3 Å². The lowest BCUT2D eigenvalue weighted by molar-refractivity contribution is -0.167. The van der Waals surface area contributed by atoms with Gasteiger partial charge in [0.2, 0.25) is 0 Å². The van der Waals surface area contributed by atoms with Gasteiger partial charge >= 0.3 is 17.9 Å². The van der Waals surface area contributed by atoms with Crippen LogP contribution in [0.15, 0.2) is 72.9 Å². The predicted molar refractivity (Wildman–Crippen MR) is 298 cm³/mol. The maximum Gasteiger partial charge on any atom is 0.306 e. The van der Waals surface area contributed by atoms with E-state index in [1.165, 1.54) is 141 Å². The molecule has 69 heavy (non-hydrogen) atoms. The smallest absolute Gasteiger partial charge is 0.306 e. The Morgan fingerprint density at radius 3 is 0.928 bits per heavy atom. The van der Waals surface area contributed by atoms with Crippen molar-refractivity contribution >= 4 is 17.9 Å². The minimum atomic E-state index is -0.799. The van der Waals surface area contributed by atoms with Gasteiger partial charge in [-0.2, -0.15) is 0 Å². The van der Waals surface area contributed by atoms with Gasteiger partial charge in [0.05, 0.1) is 0 Å². The van der Waals surface area contributed by atoms with E-state index < -0.39 is 6.10 Å². The second-order valence-electron chi connectivity index (χ2n) is 19.5. The average molecular weight is 964 g/mol. The van der Waals surface area contributed by atoms with Crippen LogP contribution < -0.4 is 0 Å². The normalized spacial score (nSPS) is 12.6. The van der Waals surface area contributed by atoms with Crippen molar-refractivity contribution in [3.63, 3.8) is 0 Å². The van der Waals surface area contributed by atoms with E-state index in [9.17, 15) is 14.4 Å². The SMILES string of the molecule is CC/C=C\C/C=C\C/C=C\C/C=C\CCCCC(=O)OCC(COC(=O)CCCCCCCCCCCCCCCCCCCCCC)OC(=O)CCCCCCC/C=C\C/C=C\CCCCCC.